The predicted molar refractivity (Wildman–Crippen MR) is 70.0 cm³/mol. The van der Waals surface area contributed by atoms with E-state index in [2.05, 4.69) is 10.4 Å². The van der Waals surface area contributed by atoms with Crippen molar-refractivity contribution < 1.29 is 13.2 Å². The van der Waals surface area contributed by atoms with Crippen LogP contribution in [0.2, 0.25) is 5.02 Å². The molecule has 1 aromatic rings. The molecule has 0 aliphatic heterocycles. The number of aromatic nitrogens is 2. The van der Waals surface area contributed by atoms with Crippen molar-refractivity contribution in [2.24, 2.45) is 5.92 Å². The van der Waals surface area contributed by atoms with E-state index in [9.17, 15) is 18.0 Å². The average Bonchev–Trinajstić information content (AvgIpc) is 3.10. The van der Waals surface area contributed by atoms with Crippen molar-refractivity contribution >= 4 is 17.3 Å². The second-order valence-corrected chi connectivity index (χ2v) is 5.57. The van der Waals surface area contributed by atoms with Gasteiger partial charge in [-0.25, -0.2) is 4.68 Å². The highest BCUT2D eigenvalue weighted by Gasteiger charge is 2.31. The average molecular weight is 310 g/mol. The van der Waals surface area contributed by atoms with Crippen molar-refractivity contribution in [3.63, 3.8) is 0 Å². The molecule has 4 nitrogen and oxygen atoms in total. The van der Waals surface area contributed by atoms with Crippen LogP contribution in [0.1, 0.15) is 26.2 Å². The van der Waals surface area contributed by atoms with Gasteiger partial charge in [0, 0.05) is 12.6 Å². The zero-order valence-corrected chi connectivity index (χ0v) is 11.6. The van der Waals surface area contributed by atoms with Gasteiger partial charge < -0.3 is 5.32 Å². The number of anilines is 1. The predicted octanol–water partition coefficient (Wildman–Crippen LogP) is 3.06. The minimum absolute atomic E-state index is 0.0148. The van der Waals surface area contributed by atoms with Gasteiger partial charge in [-0.3, -0.25) is 4.79 Å². The van der Waals surface area contributed by atoms with Crippen molar-refractivity contribution in [2.75, 3.05) is 5.32 Å². The topological polar surface area (TPSA) is 46.9 Å². The van der Waals surface area contributed by atoms with E-state index >= 15 is 0 Å². The first-order chi connectivity index (χ1) is 9.26. The SMILES string of the molecule is CC(CC(F)(F)F)Nc1c(Cl)cnn(CC2CC2)c1=O. The quantitative estimate of drug-likeness (QED) is 0.909. The summed E-state index contributed by atoms with van der Waals surface area (Å²) in [7, 11) is 0. The summed E-state index contributed by atoms with van der Waals surface area (Å²) < 4.78 is 38.2. The number of rotatable bonds is 5. The smallest absolute Gasteiger partial charge is 0.376 e. The van der Waals surface area contributed by atoms with Crippen LogP contribution in [0.25, 0.3) is 0 Å². The summed E-state index contributed by atoms with van der Waals surface area (Å²) in [6, 6.07) is -0.933. The van der Waals surface area contributed by atoms with Crippen LogP contribution in [0.4, 0.5) is 18.9 Å². The van der Waals surface area contributed by atoms with Crippen LogP contribution in [0.3, 0.4) is 0 Å². The molecule has 8 heteroatoms. The van der Waals surface area contributed by atoms with Gasteiger partial charge in [0.05, 0.1) is 17.6 Å². The Morgan fingerprint density at radius 2 is 2.20 bits per heavy atom. The standard InChI is InChI=1S/C12H15ClF3N3O/c1-7(4-12(14,15)16)18-10-9(13)5-17-19(11(10)20)6-8-2-3-8/h5,7-8,18H,2-4,6H2,1H3. The van der Waals surface area contributed by atoms with Crippen LogP contribution in [-0.2, 0) is 6.54 Å². The third-order valence-electron chi connectivity index (χ3n) is 3.05. The van der Waals surface area contributed by atoms with Gasteiger partial charge in [-0.1, -0.05) is 11.6 Å². The second kappa shape index (κ2) is 5.63. The van der Waals surface area contributed by atoms with Gasteiger partial charge in [0.1, 0.15) is 5.69 Å². The minimum Gasteiger partial charge on any atom is -0.376 e. The van der Waals surface area contributed by atoms with E-state index in [1.165, 1.54) is 17.8 Å². The van der Waals surface area contributed by atoms with E-state index in [1.807, 2.05) is 0 Å². The van der Waals surface area contributed by atoms with Crippen molar-refractivity contribution in [1.82, 2.24) is 9.78 Å². The number of halogens is 4. The number of alkyl halides is 3. The minimum atomic E-state index is -4.29. The molecule has 0 bridgehead atoms. The largest absolute Gasteiger partial charge is 0.391 e. The Bertz CT molecular complexity index is 540. The lowest BCUT2D eigenvalue weighted by Gasteiger charge is -2.18. The number of nitrogens with one attached hydrogen (secondary N) is 1. The van der Waals surface area contributed by atoms with E-state index in [0.29, 0.717) is 12.5 Å². The molecule has 0 saturated heterocycles. The van der Waals surface area contributed by atoms with Gasteiger partial charge >= 0.3 is 6.18 Å². The van der Waals surface area contributed by atoms with Crippen molar-refractivity contribution in [3.8, 4) is 0 Å². The summed E-state index contributed by atoms with van der Waals surface area (Å²) in [5, 5.41) is 6.49. The van der Waals surface area contributed by atoms with Gasteiger partial charge in [-0.05, 0) is 25.7 Å². The fourth-order valence-electron chi connectivity index (χ4n) is 1.92. The highest BCUT2D eigenvalue weighted by atomic mass is 35.5. The van der Waals surface area contributed by atoms with Crippen molar-refractivity contribution in [1.29, 1.82) is 0 Å². The van der Waals surface area contributed by atoms with Crippen LogP contribution >= 0.6 is 11.6 Å². The van der Waals surface area contributed by atoms with E-state index in [0.717, 1.165) is 12.8 Å². The van der Waals surface area contributed by atoms with Gasteiger partial charge in [0.25, 0.3) is 5.56 Å². The highest BCUT2D eigenvalue weighted by molar-refractivity contribution is 6.33. The van der Waals surface area contributed by atoms with E-state index in [-0.39, 0.29) is 10.7 Å². The molecule has 1 heterocycles. The van der Waals surface area contributed by atoms with Gasteiger partial charge in [0.2, 0.25) is 0 Å². The first kappa shape index (κ1) is 15.2. The molecule has 1 N–H and O–H groups in total. The van der Waals surface area contributed by atoms with E-state index in [1.54, 1.807) is 0 Å². The molecule has 1 unspecified atom stereocenters. The molecule has 1 fully saturated rings. The molecule has 0 aromatic carbocycles. The van der Waals surface area contributed by atoms with Crippen molar-refractivity contribution in [3.05, 3.63) is 21.6 Å². The van der Waals surface area contributed by atoms with Gasteiger partial charge in [-0.2, -0.15) is 18.3 Å². The maximum Gasteiger partial charge on any atom is 0.391 e. The summed E-state index contributed by atoms with van der Waals surface area (Å²) in [5.41, 5.74) is -0.488. The first-order valence-corrected chi connectivity index (χ1v) is 6.73. The van der Waals surface area contributed by atoms with Crippen LogP contribution in [-0.4, -0.2) is 22.0 Å². The fraction of sp³-hybridized carbons (Fsp3) is 0.667. The number of hydrogen-bond acceptors (Lipinski definition) is 3. The Kier molecular flexibility index (Phi) is 4.27. The molecule has 0 amide bonds. The number of hydrogen-bond donors (Lipinski definition) is 1. The molecule has 20 heavy (non-hydrogen) atoms. The summed E-state index contributed by atoms with van der Waals surface area (Å²) >= 11 is 5.85. The van der Waals surface area contributed by atoms with Crippen LogP contribution in [0.5, 0.6) is 0 Å². The molecule has 1 saturated carbocycles. The van der Waals surface area contributed by atoms with E-state index < -0.39 is 24.2 Å². The lowest BCUT2D eigenvalue weighted by atomic mass is 10.2. The molecule has 2 rings (SSSR count). The lowest BCUT2D eigenvalue weighted by Crippen LogP contribution is -2.31. The molecule has 112 valence electrons. The molecule has 1 atom stereocenters. The maximum absolute atomic E-state index is 12.3. The highest BCUT2D eigenvalue weighted by Crippen LogP contribution is 2.30. The van der Waals surface area contributed by atoms with Gasteiger partial charge in [-0.15, -0.1) is 0 Å². The molecule has 1 aromatic heterocycles. The van der Waals surface area contributed by atoms with Crippen LogP contribution in [0, 0.1) is 5.92 Å². The molecule has 0 spiro atoms. The monoisotopic (exact) mass is 309 g/mol. The normalized spacial score (nSPS) is 17.1. The summed E-state index contributed by atoms with van der Waals surface area (Å²) in [4.78, 5) is 12.1. The Balaban J connectivity index is 2.15. The Morgan fingerprint density at radius 1 is 1.55 bits per heavy atom. The Morgan fingerprint density at radius 3 is 2.75 bits per heavy atom. The Labute approximate surface area is 118 Å². The molecular weight excluding hydrogens is 295 g/mol. The summed E-state index contributed by atoms with van der Waals surface area (Å²) in [6.07, 6.45) is -1.95. The Hall–Kier alpha value is -1.24. The van der Waals surface area contributed by atoms with Crippen LogP contribution < -0.4 is 10.9 Å². The zero-order chi connectivity index (χ0) is 14.9. The van der Waals surface area contributed by atoms with Crippen molar-refractivity contribution in [2.45, 2.75) is 44.9 Å². The zero-order valence-electron chi connectivity index (χ0n) is 10.9. The molecule has 1 aliphatic carbocycles. The van der Waals surface area contributed by atoms with E-state index in [4.69, 9.17) is 11.6 Å². The summed E-state index contributed by atoms with van der Waals surface area (Å²) in [5.74, 6) is 0.432. The fourth-order valence-corrected chi connectivity index (χ4v) is 2.10. The maximum atomic E-state index is 12.3. The van der Waals surface area contributed by atoms with Crippen LogP contribution in [0.15, 0.2) is 11.0 Å². The molecule has 0 radical (unpaired) electrons. The third-order valence-corrected chi connectivity index (χ3v) is 3.34. The first-order valence-electron chi connectivity index (χ1n) is 6.35. The molecular formula is C12H15ClF3N3O. The molecule has 1 aliphatic rings. The second-order valence-electron chi connectivity index (χ2n) is 5.16. The summed E-state index contributed by atoms with van der Waals surface area (Å²) in [6.45, 7) is 1.84. The van der Waals surface area contributed by atoms with Gasteiger partial charge in [0.15, 0.2) is 0 Å². The lowest BCUT2D eigenvalue weighted by molar-refractivity contribution is -0.136. The third kappa shape index (κ3) is 4.13. The number of nitrogens with zero attached hydrogens (tertiary/aromatic N) is 2.